The zero-order valence-electron chi connectivity index (χ0n) is 18.9. The fraction of sp³-hybridized carbons (Fsp3) is 0.370. The molecule has 2 aromatic carbocycles. The Morgan fingerprint density at radius 1 is 0.758 bits per heavy atom. The topological polar surface area (TPSA) is 60.2 Å². The first kappa shape index (κ1) is 21.9. The molecule has 5 rings (SSSR count). The van der Waals surface area contributed by atoms with Crippen LogP contribution in [0.4, 0.5) is 0 Å². The molecule has 0 radical (unpaired) electrons. The van der Waals surface area contributed by atoms with Crippen LogP contribution in [0.3, 0.4) is 0 Å². The van der Waals surface area contributed by atoms with Crippen LogP contribution in [0.25, 0.3) is 0 Å². The molecule has 0 unspecified atom stereocenters. The van der Waals surface area contributed by atoms with E-state index in [9.17, 15) is 9.90 Å². The van der Waals surface area contributed by atoms with Crippen molar-refractivity contribution in [3.8, 4) is 5.75 Å². The van der Waals surface area contributed by atoms with Gasteiger partial charge in [0.1, 0.15) is 12.0 Å². The lowest BCUT2D eigenvalue weighted by molar-refractivity contribution is 0.120. The van der Waals surface area contributed by atoms with Gasteiger partial charge in [-0.05, 0) is 23.1 Å². The summed E-state index contributed by atoms with van der Waals surface area (Å²) in [5.41, 5.74) is 4.66. The normalized spacial score (nSPS) is 17.7. The summed E-state index contributed by atoms with van der Waals surface area (Å²) in [4.78, 5) is 19.4. The molecule has 1 fully saturated rings. The molecular weight excluding hydrogens is 414 g/mol. The lowest BCUT2D eigenvalue weighted by Crippen LogP contribution is -2.45. The Morgan fingerprint density at radius 2 is 1.42 bits per heavy atom. The molecule has 0 bridgehead atoms. The Hall–Kier alpha value is -2.93. The van der Waals surface area contributed by atoms with Gasteiger partial charge in [0.15, 0.2) is 0 Å². The van der Waals surface area contributed by atoms with Crippen molar-refractivity contribution in [3.05, 3.63) is 99.1 Å². The predicted octanol–water partition coefficient (Wildman–Crippen LogP) is 3.22. The summed E-state index contributed by atoms with van der Waals surface area (Å²) in [5, 5.41) is 10.9. The molecule has 2 aliphatic rings. The van der Waals surface area contributed by atoms with Gasteiger partial charge in [0, 0.05) is 64.5 Å². The first-order chi connectivity index (χ1) is 16.2. The third-order valence-corrected chi connectivity index (χ3v) is 6.84. The third kappa shape index (κ3) is 5.19. The van der Waals surface area contributed by atoms with Crippen LogP contribution < -0.4 is 5.63 Å². The highest BCUT2D eigenvalue weighted by molar-refractivity contribution is 5.37. The van der Waals surface area contributed by atoms with Crippen molar-refractivity contribution in [2.75, 3.05) is 32.7 Å². The fourth-order valence-corrected chi connectivity index (χ4v) is 4.89. The summed E-state index contributed by atoms with van der Waals surface area (Å²) in [5.74, 6) is 0.0943. The van der Waals surface area contributed by atoms with Crippen LogP contribution in [0.15, 0.2) is 70.1 Å². The quantitative estimate of drug-likeness (QED) is 0.629. The fourth-order valence-electron chi connectivity index (χ4n) is 4.89. The maximum atomic E-state index is 12.4. The molecule has 0 aliphatic carbocycles. The van der Waals surface area contributed by atoms with E-state index in [4.69, 9.17) is 4.42 Å². The molecule has 172 valence electrons. The molecule has 1 aromatic heterocycles. The molecule has 33 heavy (non-hydrogen) atoms. The average molecular weight is 446 g/mol. The van der Waals surface area contributed by atoms with Gasteiger partial charge >= 0.3 is 5.63 Å². The zero-order valence-corrected chi connectivity index (χ0v) is 18.9. The van der Waals surface area contributed by atoms with Crippen molar-refractivity contribution >= 4 is 0 Å². The number of fused-ring (bicyclic) bond motifs is 1. The summed E-state index contributed by atoms with van der Waals surface area (Å²) >= 11 is 0. The SMILES string of the molecule is O=c1occ(CN2CCc3ccccc3C2)c(O)c1CN1CCN(Cc2ccccc2)CC1. The van der Waals surface area contributed by atoms with E-state index in [0.717, 1.165) is 52.2 Å². The number of rotatable bonds is 6. The Balaban J connectivity index is 1.21. The lowest BCUT2D eigenvalue weighted by atomic mass is 9.99. The van der Waals surface area contributed by atoms with Gasteiger partial charge in [0.2, 0.25) is 0 Å². The van der Waals surface area contributed by atoms with Gasteiger partial charge in [-0.25, -0.2) is 4.79 Å². The smallest absolute Gasteiger partial charge is 0.343 e. The van der Waals surface area contributed by atoms with E-state index in [1.807, 2.05) is 6.07 Å². The molecule has 0 saturated carbocycles. The first-order valence-corrected chi connectivity index (χ1v) is 11.8. The maximum Gasteiger partial charge on any atom is 0.343 e. The van der Waals surface area contributed by atoms with E-state index in [-0.39, 0.29) is 5.75 Å². The summed E-state index contributed by atoms with van der Waals surface area (Å²) in [6, 6.07) is 19.0. The molecule has 2 aliphatic heterocycles. The third-order valence-electron chi connectivity index (χ3n) is 6.84. The van der Waals surface area contributed by atoms with E-state index in [1.165, 1.54) is 23.0 Å². The minimum absolute atomic E-state index is 0.0943. The van der Waals surface area contributed by atoms with E-state index < -0.39 is 5.63 Å². The van der Waals surface area contributed by atoms with Crippen molar-refractivity contribution in [1.82, 2.24) is 14.7 Å². The van der Waals surface area contributed by atoms with Gasteiger partial charge in [0.05, 0.1) is 5.56 Å². The first-order valence-electron chi connectivity index (χ1n) is 11.8. The van der Waals surface area contributed by atoms with Crippen LogP contribution >= 0.6 is 0 Å². The molecule has 3 aromatic rings. The zero-order chi connectivity index (χ0) is 22.6. The molecule has 3 heterocycles. The van der Waals surface area contributed by atoms with E-state index in [2.05, 4.69) is 63.2 Å². The highest BCUT2D eigenvalue weighted by Gasteiger charge is 2.23. The van der Waals surface area contributed by atoms with Crippen LogP contribution in [0, 0.1) is 0 Å². The number of hydrogen-bond acceptors (Lipinski definition) is 6. The van der Waals surface area contributed by atoms with Gasteiger partial charge < -0.3 is 9.52 Å². The number of piperazine rings is 1. The van der Waals surface area contributed by atoms with E-state index in [1.54, 1.807) is 0 Å². The summed E-state index contributed by atoms with van der Waals surface area (Å²) < 4.78 is 5.34. The minimum Gasteiger partial charge on any atom is -0.507 e. The van der Waals surface area contributed by atoms with E-state index >= 15 is 0 Å². The number of aromatic hydroxyl groups is 1. The van der Waals surface area contributed by atoms with Gasteiger partial charge in [-0.15, -0.1) is 0 Å². The minimum atomic E-state index is -0.438. The van der Waals surface area contributed by atoms with Crippen molar-refractivity contribution in [3.63, 3.8) is 0 Å². The summed E-state index contributed by atoms with van der Waals surface area (Å²) in [6.07, 6.45) is 2.42. The van der Waals surface area contributed by atoms with Gasteiger partial charge in [0.25, 0.3) is 0 Å². The number of nitrogens with zero attached hydrogens (tertiary/aromatic N) is 3. The van der Waals surface area contributed by atoms with Crippen LogP contribution in [0.5, 0.6) is 5.75 Å². The second kappa shape index (κ2) is 9.91. The second-order valence-corrected chi connectivity index (χ2v) is 9.14. The van der Waals surface area contributed by atoms with Crippen LogP contribution in [-0.4, -0.2) is 52.5 Å². The summed E-state index contributed by atoms with van der Waals surface area (Å²) in [6.45, 7) is 7.30. The van der Waals surface area contributed by atoms with Crippen LogP contribution in [-0.2, 0) is 32.6 Å². The molecule has 0 atom stereocenters. The van der Waals surface area contributed by atoms with Crippen molar-refractivity contribution < 1.29 is 9.52 Å². The highest BCUT2D eigenvalue weighted by atomic mass is 16.4. The Morgan fingerprint density at radius 3 is 2.18 bits per heavy atom. The van der Waals surface area contributed by atoms with Crippen molar-refractivity contribution in [2.45, 2.75) is 32.6 Å². The molecule has 1 saturated heterocycles. The monoisotopic (exact) mass is 445 g/mol. The largest absolute Gasteiger partial charge is 0.507 e. The molecule has 6 heteroatoms. The standard InChI is InChI=1S/C27H31N3O3/c31-26-24(18-30-11-10-22-8-4-5-9-23(22)17-30)20-33-27(32)25(26)19-29-14-12-28(13-15-29)16-21-6-2-1-3-7-21/h1-9,20,31H,10-19H2. The lowest BCUT2D eigenvalue weighted by Gasteiger charge is -2.34. The Labute approximate surface area is 194 Å². The Bertz CT molecular complexity index is 1140. The van der Waals surface area contributed by atoms with Crippen molar-refractivity contribution in [2.24, 2.45) is 0 Å². The second-order valence-electron chi connectivity index (χ2n) is 9.14. The highest BCUT2D eigenvalue weighted by Crippen LogP contribution is 2.26. The number of hydrogen-bond donors (Lipinski definition) is 1. The molecular formula is C27H31N3O3. The average Bonchev–Trinajstić information content (AvgIpc) is 2.85. The molecule has 0 spiro atoms. The Kier molecular flexibility index (Phi) is 6.58. The molecule has 6 nitrogen and oxygen atoms in total. The van der Waals surface area contributed by atoms with Crippen LogP contribution in [0.1, 0.15) is 27.8 Å². The van der Waals surface area contributed by atoms with Crippen LogP contribution in [0.2, 0.25) is 0 Å². The maximum absolute atomic E-state index is 12.4. The van der Waals surface area contributed by atoms with Gasteiger partial charge in [-0.2, -0.15) is 0 Å². The van der Waals surface area contributed by atoms with Gasteiger partial charge in [-0.3, -0.25) is 14.7 Å². The van der Waals surface area contributed by atoms with Crippen molar-refractivity contribution in [1.29, 1.82) is 0 Å². The summed E-state index contributed by atoms with van der Waals surface area (Å²) in [7, 11) is 0. The number of benzene rings is 2. The molecule has 0 amide bonds. The predicted molar refractivity (Wildman–Crippen MR) is 128 cm³/mol. The van der Waals surface area contributed by atoms with Gasteiger partial charge in [-0.1, -0.05) is 54.6 Å². The van der Waals surface area contributed by atoms with E-state index in [0.29, 0.717) is 24.2 Å². The molecule has 1 N–H and O–H groups in total.